The van der Waals surface area contributed by atoms with Crippen molar-refractivity contribution in [3.05, 3.63) is 75.5 Å². The number of morpholine rings is 1. The van der Waals surface area contributed by atoms with Crippen molar-refractivity contribution in [3.63, 3.8) is 0 Å². The van der Waals surface area contributed by atoms with E-state index in [0.717, 1.165) is 30.9 Å². The fraction of sp³-hybridized carbons (Fsp3) is 0.360. The number of nitro benzene ring substituents is 1. The first-order valence-corrected chi connectivity index (χ1v) is 11.5. The van der Waals surface area contributed by atoms with E-state index in [1.807, 2.05) is 24.3 Å². The first kappa shape index (κ1) is 20.7. The van der Waals surface area contributed by atoms with Crippen molar-refractivity contribution in [2.45, 2.75) is 31.0 Å². The summed E-state index contributed by atoms with van der Waals surface area (Å²) >= 11 is 0. The lowest BCUT2D eigenvalue weighted by atomic mass is 9.91. The van der Waals surface area contributed by atoms with E-state index in [-0.39, 0.29) is 29.4 Å². The van der Waals surface area contributed by atoms with Crippen molar-refractivity contribution in [1.29, 1.82) is 5.26 Å². The molecular weight excluding hydrogens is 434 g/mol. The Balaban J connectivity index is 1.46. The summed E-state index contributed by atoms with van der Waals surface area (Å²) in [6.45, 7) is 3.51. The molecule has 9 nitrogen and oxygen atoms in total. The molecule has 6 rings (SSSR count). The summed E-state index contributed by atoms with van der Waals surface area (Å²) < 4.78 is 6.41. The third-order valence-corrected chi connectivity index (χ3v) is 7.23. The van der Waals surface area contributed by atoms with Crippen LogP contribution in [-0.4, -0.2) is 54.1 Å². The number of benzene rings is 2. The lowest BCUT2D eigenvalue weighted by Crippen LogP contribution is -2.57. The van der Waals surface area contributed by atoms with E-state index < -0.39 is 10.8 Å². The minimum absolute atomic E-state index is 0.00327. The number of hydrogen-bond acceptors (Lipinski definition) is 7. The number of para-hydroxylation sites is 1. The second kappa shape index (κ2) is 7.85. The molecule has 2 saturated heterocycles. The molecule has 0 bridgehead atoms. The average Bonchev–Trinajstić information content (AvgIpc) is 3.47. The number of nitro groups is 1. The Morgan fingerprint density at radius 1 is 1.09 bits per heavy atom. The first-order chi connectivity index (χ1) is 16.6. The Kier molecular flexibility index (Phi) is 4.78. The zero-order chi connectivity index (χ0) is 23.4. The van der Waals surface area contributed by atoms with E-state index in [4.69, 9.17) is 4.74 Å². The van der Waals surface area contributed by atoms with Gasteiger partial charge in [-0.15, -0.1) is 0 Å². The SMILES string of the molecule is N#CC1=C2OC(CN3CCCC3)CN3c4ccccc4C(C23)N(c2ccc([N+](=O)[O-])cc2)C1=O. The number of rotatable bonds is 4. The number of anilines is 2. The molecule has 2 fully saturated rings. The van der Waals surface area contributed by atoms with Gasteiger partial charge in [-0.1, -0.05) is 18.2 Å². The van der Waals surface area contributed by atoms with Crippen molar-refractivity contribution < 1.29 is 14.5 Å². The highest BCUT2D eigenvalue weighted by molar-refractivity contribution is 6.11. The molecule has 172 valence electrons. The number of nitrogens with zero attached hydrogens (tertiary/aromatic N) is 5. The number of carbonyl (C=O) groups excluding carboxylic acids is 1. The second-order valence-electron chi connectivity index (χ2n) is 9.15. The summed E-state index contributed by atoms with van der Waals surface area (Å²) in [5.41, 5.74) is 2.48. The Labute approximate surface area is 196 Å². The second-order valence-corrected chi connectivity index (χ2v) is 9.15. The molecule has 4 aliphatic rings. The van der Waals surface area contributed by atoms with Crippen LogP contribution < -0.4 is 9.80 Å². The molecule has 0 radical (unpaired) electrons. The molecule has 0 aromatic heterocycles. The number of fused-ring (bicyclic) bond motifs is 3. The molecular formula is C25H23N5O4. The molecule has 0 aliphatic carbocycles. The third kappa shape index (κ3) is 3.06. The Hall–Kier alpha value is -3.90. The molecule has 0 N–H and O–H groups in total. The number of nitriles is 1. The van der Waals surface area contributed by atoms with Crippen molar-refractivity contribution >= 4 is 23.0 Å². The maximum atomic E-state index is 13.7. The van der Waals surface area contributed by atoms with Crippen molar-refractivity contribution in [2.24, 2.45) is 0 Å². The van der Waals surface area contributed by atoms with Crippen molar-refractivity contribution in [3.8, 4) is 6.07 Å². The van der Waals surface area contributed by atoms with Crippen LogP contribution in [0.15, 0.2) is 59.9 Å². The first-order valence-electron chi connectivity index (χ1n) is 11.5. The van der Waals surface area contributed by atoms with Gasteiger partial charge >= 0.3 is 0 Å². The molecule has 2 aromatic carbocycles. The van der Waals surface area contributed by atoms with Gasteiger partial charge in [0.15, 0.2) is 5.57 Å². The summed E-state index contributed by atoms with van der Waals surface area (Å²) in [6.07, 6.45) is 2.22. The van der Waals surface area contributed by atoms with Gasteiger partial charge in [-0.25, -0.2) is 0 Å². The third-order valence-electron chi connectivity index (χ3n) is 7.23. The average molecular weight is 457 g/mol. The highest BCUT2D eigenvalue weighted by atomic mass is 16.6. The van der Waals surface area contributed by atoms with Crippen LogP contribution in [-0.2, 0) is 9.53 Å². The number of carbonyl (C=O) groups is 1. The molecule has 4 aliphatic heterocycles. The minimum Gasteiger partial charge on any atom is -0.488 e. The van der Waals surface area contributed by atoms with Crippen LogP contribution in [0.2, 0.25) is 0 Å². The molecule has 2 aromatic rings. The van der Waals surface area contributed by atoms with Crippen LogP contribution in [0.4, 0.5) is 17.1 Å². The predicted octanol–water partition coefficient (Wildman–Crippen LogP) is 3.14. The topological polar surface area (TPSA) is 103 Å². The summed E-state index contributed by atoms with van der Waals surface area (Å²) in [7, 11) is 0. The van der Waals surface area contributed by atoms with Gasteiger partial charge in [0.05, 0.1) is 17.5 Å². The van der Waals surface area contributed by atoms with Crippen LogP contribution in [0.5, 0.6) is 0 Å². The lowest BCUT2D eigenvalue weighted by molar-refractivity contribution is -0.384. The molecule has 0 spiro atoms. The van der Waals surface area contributed by atoms with E-state index in [1.54, 1.807) is 17.0 Å². The highest BCUT2D eigenvalue weighted by Gasteiger charge is 2.55. The minimum atomic E-state index is -0.470. The number of non-ortho nitro benzene ring substituents is 1. The Morgan fingerprint density at radius 2 is 1.82 bits per heavy atom. The quantitative estimate of drug-likeness (QED) is 0.513. The van der Waals surface area contributed by atoms with Crippen LogP contribution in [0.1, 0.15) is 24.4 Å². The van der Waals surface area contributed by atoms with Gasteiger partial charge in [0.2, 0.25) is 0 Å². The molecule has 3 atom stereocenters. The number of amides is 1. The molecule has 34 heavy (non-hydrogen) atoms. The van der Waals surface area contributed by atoms with E-state index in [0.29, 0.717) is 18.0 Å². The molecule has 9 heteroatoms. The van der Waals surface area contributed by atoms with E-state index in [9.17, 15) is 20.2 Å². The van der Waals surface area contributed by atoms with Gasteiger partial charge in [0.25, 0.3) is 11.6 Å². The van der Waals surface area contributed by atoms with Crippen molar-refractivity contribution in [1.82, 2.24) is 4.90 Å². The summed E-state index contributed by atoms with van der Waals surface area (Å²) in [5, 5.41) is 21.1. The molecule has 4 heterocycles. The highest BCUT2D eigenvalue weighted by Crippen LogP contribution is 2.52. The smallest absolute Gasteiger partial charge is 0.273 e. The molecule has 1 amide bonds. The van der Waals surface area contributed by atoms with Gasteiger partial charge in [-0.05, 0) is 44.1 Å². The van der Waals surface area contributed by atoms with E-state index in [2.05, 4.69) is 15.9 Å². The number of ether oxygens (including phenoxy) is 1. The van der Waals surface area contributed by atoms with Gasteiger partial charge < -0.3 is 9.64 Å². The number of likely N-dealkylation sites (tertiary alicyclic amines) is 1. The van der Waals surface area contributed by atoms with Crippen LogP contribution >= 0.6 is 0 Å². The zero-order valence-electron chi connectivity index (χ0n) is 18.5. The zero-order valence-corrected chi connectivity index (χ0v) is 18.5. The monoisotopic (exact) mass is 457 g/mol. The molecule has 0 saturated carbocycles. The Bertz CT molecular complexity index is 1240. The Morgan fingerprint density at radius 3 is 2.53 bits per heavy atom. The fourth-order valence-electron chi connectivity index (χ4n) is 5.80. The fourth-order valence-corrected chi connectivity index (χ4v) is 5.80. The van der Waals surface area contributed by atoms with Gasteiger partial charge in [0, 0.05) is 35.6 Å². The van der Waals surface area contributed by atoms with Gasteiger partial charge in [0.1, 0.15) is 24.0 Å². The summed E-state index contributed by atoms with van der Waals surface area (Å²) in [5.74, 6) is 0.00777. The lowest BCUT2D eigenvalue weighted by Gasteiger charge is -2.46. The summed E-state index contributed by atoms with van der Waals surface area (Å²) in [6, 6.07) is 15.3. The summed E-state index contributed by atoms with van der Waals surface area (Å²) in [4.78, 5) is 30.6. The van der Waals surface area contributed by atoms with Crippen LogP contribution in [0, 0.1) is 21.4 Å². The predicted molar refractivity (Wildman–Crippen MR) is 124 cm³/mol. The standard InChI is InChI=1S/C25H23N5O4/c26-13-20-24-23-22(29(25(20)31)16-7-9-17(10-8-16)30(32)33)19-5-1-2-6-21(19)28(23)15-18(34-24)14-27-11-3-4-12-27/h1-2,5-10,18,22-23H,3-4,11-12,14-15H2. The van der Waals surface area contributed by atoms with Crippen molar-refractivity contribution in [2.75, 3.05) is 36.0 Å². The van der Waals surface area contributed by atoms with E-state index in [1.165, 1.54) is 25.0 Å². The molecule has 3 unspecified atom stereocenters. The maximum absolute atomic E-state index is 13.7. The van der Waals surface area contributed by atoms with Crippen LogP contribution in [0.3, 0.4) is 0 Å². The normalized spacial score (nSPS) is 25.6. The van der Waals surface area contributed by atoms with Gasteiger partial charge in [-0.2, -0.15) is 5.26 Å². The van der Waals surface area contributed by atoms with E-state index >= 15 is 0 Å². The maximum Gasteiger partial charge on any atom is 0.273 e. The van der Waals surface area contributed by atoms with Gasteiger partial charge in [-0.3, -0.25) is 24.7 Å². The van der Waals surface area contributed by atoms with Crippen LogP contribution in [0.25, 0.3) is 0 Å². The number of hydrogen-bond donors (Lipinski definition) is 0. The largest absolute Gasteiger partial charge is 0.488 e.